The lowest BCUT2D eigenvalue weighted by Gasteiger charge is -2.37. The van der Waals surface area contributed by atoms with Gasteiger partial charge in [-0.05, 0) is 54.2 Å². The van der Waals surface area contributed by atoms with Gasteiger partial charge in [-0.25, -0.2) is 4.79 Å². The Labute approximate surface area is 237 Å². The predicted octanol–water partition coefficient (Wildman–Crippen LogP) is 7.79. The number of nitrogens with one attached hydrogen (secondary N) is 1. The minimum absolute atomic E-state index is 0.00586. The summed E-state index contributed by atoms with van der Waals surface area (Å²) in [4.78, 5) is 27.3. The highest BCUT2D eigenvalue weighted by Crippen LogP contribution is 2.48. The van der Waals surface area contributed by atoms with Gasteiger partial charge in [-0.2, -0.15) is 0 Å². The van der Waals surface area contributed by atoms with Crippen LogP contribution in [0.2, 0.25) is 15.1 Å². The maximum absolute atomic E-state index is 13.8. The molecule has 0 amide bonds. The quantitative estimate of drug-likeness (QED) is 0.309. The summed E-state index contributed by atoms with van der Waals surface area (Å²) in [6.45, 7) is 2.05. The van der Waals surface area contributed by atoms with Gasteiger partial charge in [-0.3, -0.25) is 4.79 Å². The zero-order valence-electron chi connectivity index (χ0n) is 20.8. The van der Waals surface area contributed by atoms with E-state index in [9.17, 15) is 9.59 Å². The number of allylic oxidation sites excluding steroid dienone is 3. The first kappa shape index (κ1) is 26.6. The zero-order chi connectivity index (χ0) is 26.8. The van der Waals surface area contributed by atoms with Gasteiger partial charge in [-0.1, -0.05) is 89.4 Å². The maximum Gasteiger partial charge on any atom is 0.336 e. The third-order valence-corrected chi connectivity index (χ3v) is 8.23. The summed E-state index contributed by atoms with van der Waals surface area (Å²) in [5, 5.41) is 4.70. The van der Waals surface area contributed by atoms with Crippen LogP contribution in [0, 0.1) is 0 Å². The number of benzene rings is 3. The lowest BCUT2D eigenvalue weighted by Crippen LogP contribution is -2.36. The molecule has 0 saturated heterocycles. The van der Waals surface area contributed by atoms with Crippen molar-refractivity contribution < 1.29 is 14.3 Å². The number of rotatable bonds is 6. The van der Waals surface area contributed by atoms with Gasteiger partial charge < -0.3 is 10.1 Å². The van der Waals surface area contributed by atoms with E-state index in [0.717, 1.165) is 16.8 Å². The van der Waals surface area contributed by atoms with Gasteiger partial charge in [0.25, 0.3) is 0 Å². The van der Waals surface area contributed by atoms with Crippen LogP contribution in [0.15, 0.2) is 95.3 Å². The van der Waals surface area contributed by atoms with Gasteiger partial charge >= 0.3 is 5.97 Å². The fraction of sp³-hybridized carbons (Fsp3) is 0.226. The molecule has 7 heteroatoms. The van der Waals surface area contributed by atoms with Crippen molar-refractivity contribution in [3.63, 3.8) is 0 Å². The summed E-state index contributed by atoms with van der Waals surface area (Å²) in [6.07, 6.45) is 1.52. The average molecular weight is 567 g/mol. The van der Waals surface area contributed by atoms with Crippen LogP contribution in [-0.4, -0.2) is 18.4 Å². The number of Topliss-reactive ketones (excluding diaryl/α,β-unsaturated/α-hetero) is 1. The first-order valence-electron chi connectivity index (χ1n) is 12.5. The fourth-order valence-electron chi connectivity index (χ4n) is 5.32. The van der Waals surface area contributed by atoms with Crippen LogP contribution in [0.3, 0.4) is 0 Å². The molecule has 0 spiro atoms. The third-order valence-electron chi connectivity index (χ3n) is 7.15. The lowest BCUT2D eigenvalue weighted by molar-refractivity contribution is -0.139. The summed E-state index contributed by atoms with van der Waals surface area (Å²) in [5.74, 6) is -1.21. The van der Waals surface area contributed by atoms with Crippen molar-refractivity contribution in [1.29, 1.82) is 0 Å². The van der Waals surface area contributed by atoms with E-state index in [-0.39, 0.29) is 18.3 Å². The van der Waals surface area contributed by atoms with Gasteiger partial charge in [0.15, 0.2) is 5.78 Å². The number of carbonyl (C=O) groups is 2. The minimum atomic E-state index is -0.680. The number of ether oxygens (including phenoxy) is 1. The zero-order valence-corrected chi connectivity index (χ0v) is 23.0. The Morgan fingerprint density at radius 2 is 1.68 bits per heavy atom. The van der Waals surface area contributed by atoms with Gasteiger partial charge in [0.05, 0.1) is 22.2 Å². The van der Waals surface area contributed by atoms with Crippen LogP contribution in [-0.2, 0) is 20.7 Å². The van der Waals surface area contributed by atoms with Crippen LogP contribution in [0.25, 0.3) is 0 Å². The van der Waals surface area contributed by atoms with Crippen molar-refractivity contribution in [3.8, 4) is 0 Å². The van der Waals surface area contributed by atoms with Gasteiger partial charge in [-0.15, -0.1) is 0 Å². The molecule has 1 N–H and O–H groups in total. The second kappa shape index (κ2) is 11.4. The summed E-state index contributed by atoms with van der Waals surface area (Å²) < 4.78 is 5.74. The second-order valence-electron chi connectivity index (χ2n) is 9.58. The van der Waals surface area contributed by atoms with E-state index in [1.54, 1.807) is 12.1 Å². The van der Waals surface area contributed by atoms with E-state index in [2.05, 4.69) is 5.32 Å². The first-order valence-corrected chi connectivity index (χ1v) is 13.6. The Bertz CT molecular complexity index is 1440. The molecule has 2 aliphatic rings. The van der Waals surface area contributed by atoms with Crippen LogP contribution in [0.5, 0.6) is 0 Å². The van der Waals surface area contributed by atoms with E-state index in [1.165, 1.54) is 0 Å². The molecular formula is C31H26Cl3NO3. The number of ketones is 1. The molecule has 0 aromatic heterocycles. The number of halogens is 3. The Balaban J connectivity index is 1.49. The van der Waals surface area contributed by atoms with E-state index in [4.69, 9.17) is 39.5 Å². The number of dihydropyridines is 1. The Morgan fingerprint density at radius 1 is 0.947 bits per heavy atom. The molecule has 2 atom stereocenters. The van der Waals surface area contributed by atoms with Crippen molar-refractivity contribution in [2.75, 3.05) is 6.61 Å². The molecule has 3 aromatic rings. The molecule has 194 valence electrons. The molecule has 0 saturated carbocycles. The number of esters is 1. The summed E-state index contributed by atoms with van der Waals surface area (Å²) in [5.41, 5.74) is 5.07. The van der Waals surface area contributed by atoms with E-state index in [0.29, 0.717) is 56.7 Å². The highest BCUT2D eigenvalue weighted by Gasteiger charge is 2.42. The number of hydrogen-bond donors (Lipinski definition) is 1. The van der Waals surface area contributed by atoms with Gasteiger partial charge in [0, 0.05) is 40.7 Å². The van der Waals surface area contributed by atoms with Crippen LogP contribution in [0.4, 0.5) is 0 Å². The number of carbonyl (C=O) groups excluding carboxylic acids is 2. The third kappa shape index (κ3) is 5.40. The Hall–Kier alpha value is -3.05. The normalized spacial score (nSPS) is 19.2. The van der Waals surface area contributed by atoms with Crippen molar-refractivity contribution in [2.24, 2.45) is 0 Å². The molecule has 0 fully saturated rings. The SMILES string of the molecule is CC1=C(C(=O)OCCc2ccccc2)[C@@H](c2cccc(Cl)c2Cl)C2=C(C[C@H](c3ccc(Cl)cc3)CC2=O)N1. The molecule has 1 aliphatic carbocycles. The standard InChI is InChI=1S/C31H26Cl3NO3/c1-18-27(31(37)38-15-14-19-6-3-2-4-7-19)28(23-8-5-9-24(33)30(23)34)29-25(35-18)16-21(17-26(29)36)20-10-12-22(32)13-11-20/h2-13,21,28,35H,14-17H2,1H3/t21-,28+/m0/s1. The van der Waals surface area contributed by atoms with E-state index >= 15 is 0 Å². The van der Waals surface area contributed by atoms with E-state index < -0.39 is 11.9 Å². The van der Waals surface area contributed by atoms with Gasteiger partial charge in [0.1, 0.15) is 0 Å². The largest absolute Gasteiger partial charge is 0.462 e. The van der Waals surface area contributed by atoms with Crippen LogP contribution < -0.4 is 5.32 Å². The Kier molecular flexibility index (Phi) is 7.94. The molecular weight excluding hydrogens is 541 g/mol. The predicted molar refractivity (Wildman–Crippen MR) is 152 cm³/mol. The van der Waals surface area contributed by atoms with Crippen molar-refractivity contribution >= 4 is 46.6 Å². The maximum atomic E-state index is 13.8. The molecule has 1 aliphatic heterocycles. The van der Waals surface area contributed by atoms with Crippen molar-refractivity contribution in [2.45, 2.75) is 38.0 Å². The molecule has 0 radical (unpaired) electrons. The summed E-state index contributed by atoms with van der Waals surface area (Å²) >= 11 is 19.1. The smallest absolute Gasteiger partial charge is 0.336 e. The van der Waals surface area contributed by atoms with Crippen molar-refractivity contribution in [3.05, 3.63) is 127 Å². The van der Waals surface area contributed by atoms with Crippen molar-refractivity contribution in [1.82, 2.24) is 5.32 Å². The molecule has 4 nitrogen and oxygen atoms in total. The van der Waals surface area contributed by atoms with E-state index in [1.807, 2.05) is 67.6 Å². The van der Waals surface area contributed by atoms with Crippen LogP contribution in [0.1, 0.15) is 48.3 Å². The Morgan fingerprint density at radius 3 is 2.42 bits per heavy atom. The number of hydrogen-bond acceptors (Lipinski definition) is 4. The summed E-state index contributed by atoms with van der Waals surface area (Å²) in [6, 6.07) is 22.7. The lowest BCUT2D eigenvalue weighted by atomic mass is 9.71. The minimum Gasteiger partial charge on any atom is -0.462 e. The highest BCUT2D eigenvalue weighted by molar-refractivity contribution is 6.42. The fourth-order valence-corrected chi connectivity index (χ4v) is 5.86. The molecule has 3 aromatic carbocycles. The molecule has 38 heavy (non-hydrogen) atoms. The summed E-state index contributed by atoms with van der Waals surface area (Å²) in [7, 11) is 0. The molecule has 0 bridgehead atoms. The molecule has 5 rings (SSSR count). The average Bonchev–Trinajstić information content (AvgIpc) is 2.90. The topological polar surface area (TPSA) is 55.4 Å². The highest BCUT2D eigenvalue weighted by atomic mass is 35.5. The molecule has 0 unspecified atom stereocenters. The monoisotopic (exact) mass is 565 g/mol. The second-order valence-corrected chi connectivity index (χ2v) is 10.8. The first-order chi connectivity index (χ1) is 18.3. The van der Waals surface area contributed by atoms with Crippen LogP contribution >= 0.6 is 34.8 Å². The van der Waals surface area contributed by atoms with Gasteiger partial charge in [0.2, 0.25) is 0 Å². The molecule has 1 heterocycles.